The Kier molecular flexibility index (Phi) is 5.33. The van der Waals surface area contributed by atoms with Gasteiger partial charge >= 0.3 is 0 Å². The van der Waals surface area contributed by atoms with Crippen LogP contribution >= 0.6 is 0 Å². The normalized spacial score (nSPS) is 24.0. The summed E-state index contributed by atoms with van der Waals surface area (Å²) in [6.07, 6.45) is 0. The smallest absolute Gasteiger partial charge is 0.159 e. The molecule has 118 valence electrons. The Balaban J connectivity index is 2.13. The molecule has 2 rings (SSSR count). The second-order valence-corrected chi connectivity index (χ2v) is 6.75. The lowest BCUT2D eigenvalue weighted by molar-refractivity contribution is 0.0782. The summed E-state index contributed by atoms with van der Waals surface area (Å²) >= 11 is 0. The number of piperazine rings is 1. The monoisotopic (exact) mass is 296 g/mol. The summed E-state index contributed by atoms with van der Waals surface area (Å²) < 4.78 is 26.4. The summed E-state index contributed by atoms with van der Waals surface area (Å²) in [6.45, 7) is 11.4. The van der Waals surface area contributed by atoms with Crippen LogP contribution in [-0.2, 0) is 6.54 Å². The molecule has 1 saturated heterocycles. The Hall–Kier alpha value is -1.00. The fourth-order valence-corrected chi connectivity index (χ4v) is 3.01. The Morgan fingerprint density at radius 1 is 1.14 bits per heavy atom. The van der Waals surface area contributed by atoms with Gasteiger partial charge in [-0.15, -0.1) is 0 Å². The van der Waals surface area contributed by atoms with E-state index in [0.29, 0.717) is 30.5 Å². The van der Waals surface area contributed by atoms with E-state index in [2.05, 4.69) is 37.9 Å². The number of rotatable bonds is 4. The summed E-state index contributed by atoms with van der Waals surface area (Å²) in [5, 5.41) is 3.61. The minimum absolute atomic E-state index is 0.424. The highest BCUT2D eigenvalue weighted by Crippen LogP contribution is 2.21. The summed E-state index contributed by atoms with van der Waals surface area (Å²) in [5.74, 6) is -0.454. The maximum absolute atomic E-state index is 13.4. The molecular formula is C17H26F2N2. The predicted molar refractivity (Wildman–Crippen MR) is 82.0 cm³/mol. The van der Waals surface area contributed by atoms with Gasteiger partial charge in [0, 0.05) is 31.7 Å². The minimum atomic E-state index is -0.778. The van der Waals surface area contributed by atoms with Crippen molar-refractivity contribution < 1.29 is 8.78 Å². The standard InChI is InChI=1S/C17H26F2N2/c1-11(2)16-10-21(17(8-20-16)12(3)4)9-13-5-6-14(18)15(19)7-13/h5-7,11-12,16-17,20H,8-10H2,1-4H3. The highest BCUT2D eigenvalue weighted by Gasteiger charge is 2.31. The molecule has 1 heterocycles. The van der Waals surface area contributed by atoms with Crippen LogP contribution in [0.15, 0.2) is 18.2 Å². The van der Waals surface area contributed by atoms with Crippen molar-refractivity contribution in [2.75, 3.05) is 13.1 Å². The first-order chi connectivity index (χ1) is 9.88. The molecule has 1 aromatic rings. The van der Waals surface area contributed by atoms with Crippen LogP contribution in [0.5, 0.6) is 0 Å². The molecule has 1 N–H and O–H groups in total. The molecule has 0 saturated carbocycles. The second kappa shape index (κ2) is 6.84. The first kappa shape index (κ1) is 16.4. The summed E-state index contributed by atoms with van der Waals surface area (Å²) in [6, 6.07) is 5.09. The van der Waals surface area contributed by atoms with Gasteiger partial charge in [-0.1, -0.05) is 33.8 Å². The molecule has 2 nitrogen and oxygen atoms in total. The van der Waals surface area contributed by atoms with E-state index in [1.807, 2.05) is 0 Å². The zero-order valence-electron chi connectivity index (χ0n) is 13.4. The van der Waals surface area contributed by atoms with Gasteiger partial charge in [0.1, 0.15) is 0 Å². The number of hydrogen-bond donors (Lipinski definition) is 1. The lowest BCUT2D eigenvalue weighted by Crippen LogP contribution is -2.59. The average molecular weight is 296 g/mol. The Labute approximate surface area is 126 Å². The quantitative estimate of drug-likeness (QED) is 0.916. The van der Waals surface area contributed by atoms with E-state index in [0.717, 1.165) is 18.7 Å². The van der Waals surface area contributed by atoms with E-state index in [4.69, 9.17) is 0 Å². The predicted octanol–water partition coefficient (Wildman–Crippen LogP) is 3.42. The van der Waals surface area contributed by atoms with Crippen LogP contribution in [0.4, 0.5) is 8.78 Å². The average Bonchev–Trinajstić information content (AvgIpc) is 2.42. The van der Waals surface area contributed by atoms with Gasteiger partial charge in [-0.05, 0) is 29.5 Å². The zero-order valence-corrected chi connectivity index (χ0v) is 13.4. The van der Waals surface area contributed by atoms with Gasteiger partial charge in [0.05, 0.1) is 0 Å². The third-order valence-electron chi connectivity index (χ3n) is 4.43. The van der Waals surface area contributed by atoms with Gasteiger partial charge in [0.15, 0.2) is 11.6 Å². The van der Waals surface area contributed by atoms with Crippen LogP contribution in [0.2, 0.25) is 0 Å². The molecule has 1 fully saturated rings. The third kappa shape index (κ3) is 4.01. The minimum Gasteiger partial charge on any atom is -0.311 e. The summed E-state index contributed by atoms with van der Waals surface area (Å²) in [5.41, 5.74) is 0.837. The third-order valence-corrected chi connectivity index (χ3v) is 4.43. The van der Waals surface area contributed by atoms with Gasteiger partial charge in [0.2, 0.25) is 0 Å². The van der Waals surface area contributed by atoms with Crippen molar-refractivity contribution in [2.45, 2.75) is 46.3 Å². The Morgan fingerprint density at radius 2 is 1.86 bits per heavy atom. The molecular weight excluding hydrogens is 270 g/mol. The highest BCUT2D eigenvalue weighted by atomic mass is 19.2. The van der Waals surface area contributed by atoms with Crippen molar-refractivity contribution in [3.63, 3.8) is 0 Å². The van der Waals surface area contributed by atoms with Gasteiger partial charge in [-0.2, -0.15) is 0 Å². The highest BCUT2D eigenvalue weighted by molar-refractivity contribution is 5.18. The van der Waals surface area contributed by atoms with Gasteiger partial charge < -0.3 is 5.32 Å². The molecule has 2 atom stereocenters. The molecule has 4 heteroatoms. The number of benzene rings is 1. The van der Waals surface area contributed by atoms with Gasteiger partial charge in [-0.25, -0.2) is 8.78 Å². The fraction of sp³-hybridized carbons (Fsp3) is 0.647. The van der Waals surface area contributed by atoms with Gasteiger partial charge in [0.25, 0.3) is 0 Å². The maximum atomic E-state index is 13.4. The second-order valence-electron chi connectivity index (χ2n) is 6.75. The molecule has 1 aromatic carbocycles. The number of halogens is 2. The molecule has 0 bridgehead atoms. The van der Waals surface area contributed by atoms with Crippen LogP contribution in [-0.4, -0.2) is 30.1 Å². The molecule has 1 aliphatic rings. The Bertz CT molecular complexity index is 474. The summed E-state index contributed by atoms with van der Waals surface area (Å²) in [4.78, 5) is 2.40. The van der Waals surface area contributed by atoms with E-state index in [-0.39, 0.29) is 0 Å². The number of nitrogens with zero attached hydrogens (tertiary/aromatic N) is 1. The zero-order chi connectivity index (χ0) is 15.6. The van der Waals surface area contributed by atoms with Crippen LogP contribution in [0.3, 0.4) is 0 Å². The van der Waals surface area contributed by atoms with E-state index in [9.17, 15) is 8.78 Å². The molecule has 0 aliphatic carbocycles. The molecule has 0 spiro atoms. The number of hydrogen-bond acceptors (Lipinski definition) is 2. The van der Waals surface area contributed by atoms with Crippen LogP contribution in [0, 0.1) is 23.5 Å². The van der Waals surface area contributed by atoms with Crippen molar-refractivity contribution in [2.24, 2.45) is 11.8 Å². The van der Waals surface area contributed by atoms with Crippen molar-refractivity contribution in [1.29, 1.82) is 0 Å². The lowest BCUT2D eigenvalue weighted by atomic mass is 9.93. The molecule has 2 unspecified atom stereocenters. The first-order valence-corrected chi connectivity index (χ1v) is 7.79. The molecule has 21 heavy (non-hydrogen) atoms. The molecule has 0 radical (unpaired) electrons. The first-order valence-electron chi connectivity index (χ1n) is 7.79. The molecule has 0 amide bonds. The van der Waals surface area contributed by atoms with Crippen molar-refractivity contribution in [3.05, 3.63) is 35.4 Å². The van der Waals surface area contributed by atoms with Crippen molar-refractivity contribution >= 4 is 0 Å². The van der Waals surface area contributed by atoms with E-state index < -0.39 is 11.6 Å². The summed E-state index contributed by atoms with van der Waals surface area (Å²) in [7, 11) is 0. The van der Waals surface area contributed by atoms with E-state index in [1.165, 1.54) is 12.1 Å². The fourth-order valence-electron chi connectivity index (χ4n) is 3.01. The SMILES string of the molecule is CC(C)C1CN(Cc2ccc(F)c(F)c2)C(C(C)C)CN1. The molecule has 1 aliphatic heterocycles. The topological polar surface area (TPSA) is 15.3 Å². The van der Waals surface area contributed by atoms with Crippen LogP contribution in [0.25, 0.3) is 0 Å². The van der Waals surface area contributed by atoms with Crippen LogP contribution in [0.1, 0.15) is 33.3 Å². The van der Waals surface area contributed by atoms with E-state index >= 15 is 0 Å². The largest absolute Gasteiger partial charge is 0.311 e. The number of nitrogens with one attached hydrogen (secondary N) is 1. The maximum Gasteiger partial charge on any atom is 0.159 e. The Morgan fingerprint density at radius 3 is 2.43 bits per heavy atom. The van der Waals surface area contributed by atoms with E-state index in [1.54, 1.807) is 6.07 Å². The van der Waals surface area contributed by atoms with Crippen molar-refractivity contribution in [1.82, 2.24) is 10.2 Å². The molecule has 0 aromatic heterocycles. The van der Waals surface area contributed by atoms with Crippen molar-refractivity contribution in [3.8, 4) is 0 Å². The lowest BCUT2D eigenvalue weighted by Gasteiger charge is -2.43. The van der Waals surface area contributed by atoms with Gasteiger partial charge in [-0.3, -0.25) is 4.90 Å². The van der Waals surface area contributed by atoms with Crippen LogP contribution < -0.4 is 5.32 Å².